The summed E-state index contributed by atoms with van der Waals surface area (Å²) in [6.45, 7) is 6.86. The van der Waals surface area contributed by atoms with Gasteiger partial charge in [-0.15, -0.1) is 0 Å². The third kappa shape index (κ3) is 9.52. The Hall–Kier alpha value is -0.170. The van der Waals surface area contributed by atoms with Gasteiger partial charge in [-0.05, 0) is 18.3 Å². The van der Waals surface area contributed by atoms with E-state index in [0.29, 0.717) is 19.4 Å². The number of hydrogen-bond donors (Lipinski definition) is 2. The van der Waals surface area contributed by atoms with Crippen molar-refractivity contribution in [1.82, 2.24) is 4.72 Å². The minimum Gasteiger partial charge on any atom is -0.385 e. The summed E-state index contributed by atoms with van der Waals surface area (Å²) < 4.78 is 31.1. The minimum atomic E-state index is -3.24. The normalized spacial score (nSPS) is 14.9. The van der Waals surface area contributed by atoms with Gasteiger partial charge in [0.15, 0.2) is 0 Å². The fourth-order valence-electron chi connectivity index (χ4n) is 1.24. The van der Waals surface area contributed by atoms with Crippen molar-refractivity contribution in [2.24, 2.45) is 11.1 Å². The zero-order chi connectivity index (χ0) is 13.5. The van der Waals surface area contributed by atoms with Crippen molar-refractivity contribution in [3.05, 3.63) is 0 Å². The molecule has 0 aliphatic rings. The van der Waals surface area contributed by atoms with E-state index in [1.165, 1.54) is 0 Å². The van der Waals surface area contributed by atoms with Crippen LogP contribution in [0.2, 0.25) is 0 Å². The van der Waals surface area contributed by atoms with E-state index >= 15 is 0 Å². The van der Waals surface area contributed by atoms with Gasteiger partial charge in [0, 0.05) is 26.3 Å². The molecule has 0 bridgehead atoms. The average Bonchev–Trinajstić information content (AvgIpc) is 2.20. The Morgan fingerprint density at radius 1 is 1.35 bits per heavy atom. The number of methoxy groups -OCH3 is 1. The zero-order valence-corrected chi connectivity index (χ0v) is 12.1. The summed E-state index contributed by atoms with van der Waals surface area (Å²) in [6, 6.07) is -0.236. The van der Waals surface area contributed by atoms with E-state index in [4.69, 9.17) is 10.5 Å². The van der Waals surface area contributed by atoms with Crippen LogP contribution in [0.25, 0.3) is 0 Å². The first-order chi connectivity index (χ1) is 7.70. The lowest BCUT2D eigenvalue weighted by Gasteiger charge is -2.20. The van der Waals surface area contributed by atoms with Gasteiger partial charge in [-0.2, -0.15) is 0 Å². The molecule has 0 rings (SSSR count). The second-order valence-electron chi connectivity index (χ2n) is 5.46. The molecule has 0 amide bonds. The fraction of sp³-hybridized carbons (Fsp3) is 1.00. The molecule has 17 heavy (non-hydrogen) atoms. The van der Waals surface area contributed by atoms with Gasteiger partial charge in [-0.1, -0.05) is 20.8 Å². The van der Waals surface area contributed by atoms with E-state index in [1.807, 2.05) is 20.8 Å². The maximum absolute atomic E-state index is 11.8. The van der Waals surface area contributed by atoms with Gasteiger partial charge in [0.2, 0.25) is 10.0 Å². The summed E-state index contributed by atoms with van der Waals surface area (Å²) in [6.07, 6.45) is 1.23. The summed E-state index contributed by atoms with van der Waals surface area (Å²) >= 11 is 0. The summed E-state index contributed by atoms with van der Waals surface area (Å²) in [5.41, 5.74) is 5.53. The van der Waals surface area contributed by atoms with Crippen molar-refractivity contribution < 1.29 is 13.2 Å². The van der Waals surface area contributed by atoms with Crippen LogP contribution >= 0.6 is 0 Å². The highest BCUT2D eigenvalue weighted by molar-refractivity contribution is 7.89. The van der Waals surface area contributed by atoms with Crippen LogP contribution in [-0.2, 0) is 14.8 Å². The van der Waals surface area contributed by atoms with Gasteiger partial charge >= 0.3 is 0 Å². The third-order valence-corrected chi connectivity index (χ3v) is 3.86. The summed E-state index contributed by atoms with van der Waals surface area (Å²) in [5.74, 6) is 0.139. The van der Waals surface area contributed by atoms with Gasteiger partial charge in [-0.3, -0.25) is 0 Å². The molecule has 0 heterocycles. The molecule has 0 saturated heterocycles. The SMILES string of the molecule is COCCC(CN)NS(=O)(=O)CCC(C)(C)C. The molecule has 6 heteroatoms. The molecule has 0 saturated carbocycles. The first-order valence-electron chi connectivity index (χ1n) is 5.89. The molecule has 0 aromatic heterocycles. The lowest BCUT2D eigenvalue weighted by Crippen LogP contribution is -2.42. The van der Waals surface area contributed by atoms with Crippen LogP contribution in [0.15, 0.2) is 0 Å². The molecule has 0 aromatic rings. The molecule has 1 atom stereocenters. The first kappa shape index (κ1) is 16.8. The fourth-order valence-corrected chi connectivity index (χ4v) is 2.96. The molecular formula is C11H26N2O3S. The monoisotopic (exact) mass is 266 g/mol. The van der Waals surface area contributed by atoms with Crippen LogP contribution in [0.4, 0.5) is 0 Å². The number of rotatable bonds is 8. The molecule has 0 fully saturated rings. The second kappa shape index (κ2) is 7.31. The second-order valence-corrected chi connectivity index (χ2v) is 7.33. The van der Waals surface area contributed by atoms with Crippen LogP contribution in [-0.4, -0.2) is 40.5 Å². The van der Waals surface area contributed by atoms with E-state index in [9.17, 15) is 8.42 Å². The number of nitrogens with one attached hydrogen (secondary N) is 1. The minimum absolute atomic E-state index is 0.0134. The van der Waals surface area contributed by atoms with E-state index in [0.717, 1.165) is 0 Å². The van der Waals surface area contributed by atoms with Crippen LogP contribution in [0.5, 0.6) is 0 Å². The van der Waals surface area contributed by atoms with Crippen molar-refractivity contribution >= 4 is 10.0 Å². The predicted octanol–water partition coefficient (Wildman–Crippen LogP) is 0.706. The van der Waals surface area contributed by atoms with Crippen LogP contribution in [0, 0.1) is 5.41 Å². The molecule has 0 spiro atoms. The largest absolute Gasteiger partial charge is 0.385 e. The highest BCUT2D eigenvalue weighted by Gasteiger charge is 2.20. The molecule has 3 N–H and O–H groups in total. The van der Waals surface area contributed by atoms with Gasteiger partial charge < -0.3 is 10.5 Å². The average molecular weight is 266 g/mol. The van der Waals surface area contributed by atoms with E-state index in [1.54, 1.807) is 7.11 Å². The van der Waals surface area contributed by atoms with E-state index < -0.39 is 10.0 Å². The summed E-state index contributed by atoms with van der Waals surface area (Å²) in [5, 5.41) is 0. The Morgan fingerprint density at radius 2 is 1.94 bits per heavy atom. The Kier molecular flexibility index (Phi) is 7.23. The van der Waals surface area contributed by atoms with Crippen molar-refractivity contribution in [1.29, 1.82) is 0 Å². The maximum Gasteiger partial charge on any atom is 0.211 e. The number of ether oxygens (including phenoxy) is 1. The lowest BCUT2D eigenvalue weighted by molar-refractivity contribution is 0.186. The molecule has 0 radical (unpaired) electrons. The van der Waals surface area contributed by atoms with Gasteiger partial charge in [-0.25, -0.2) is 13.1 Å². The first-order valence-corrected chi connectivity index (χ1v) is 7.54. The van der Waals surface area contributed by atoms with Crippen molar-refractivity contribution in [3.8, 4) is 0 Å². The van der Waals surface area contributed by atoms with Crippen LogP contribution in [0.1, 0.15) is 33.6 Å². The lowest BCUT2D eigenvalue weighted by atomic mass is 9.94. The van der Waals surface area contributed by atoms with Crippen LogP contribution in [0.3, 0.4) is 0 Å². The van der Waals surface area contributed by atoms with Gasteiger partial charge in [0.25, 0.3) is 0 Å². The number of sulfonamides is 1. The van der Waals surface area contributed by atoms with Crippen molar-refractivity contribution in [3.63, 3.8) is 0 Å². The Morgan fingerprint density at radius 3 is 2.35 bits per heavy atom. The molecule has 0 aliphatic carbocycles. The standard InChI is InChI=1S/C11H26N2O3S/c1-11(2,3)6-8-17(14,15)13-10(9-12)5-7-16-4/h10,13H,5-9,12H2,1-4H3. The molecule has 0 aromatic carbocycles. The quantitative estimate of drug-likeness (QED) is 0.678. The number of nitrogens with two attached hydrogens (primary N) is 1. The molecule has 5 nitrogen and oxygen atoms in total. The molecule has 1 unspecified atom stereocenters. The zero-order valence-electron chi connectivity index (χ0n) is 11.3. The number of hydrogen-bond acceptors (Lipinski definition) is 4. The van der Waals surface area contributed by atoms with Gasteiger partial charge in [0.05, 0.1) is 5.75 Å². The topological polar surface area (TPSA) is 81.4 Å². The van der Waals surface area contributed by atoms with E-state index in [-0.39, 0.29) is 23.8 Å². The Bertz CT molecular complexity index is 296. The molecular weight excluding hydrogens is 240 g/mol. The predicted molar refractivity (Wildman–Crippen MR) is 70.3 cm³/mol. The van der Waals surface area contributed by atoms with Crippen LogP contribution < -0.4 is 10.5 Å². The van der Waals surface area contributed by atoms with Crippen molar-refractivity contribution in [2.45, 2.75) is 39.7 Å². The Balaban J connectivity index is 4.22. The Labute approximate surface area is 105 Å². The smallest absolute Gasteiger partial charge is 0.211 e. The highest BCUT2D eigenvalue weighted by atomic mass is 32.2. The summed E-state index contributed by atoms with van der Waals surface area (Å²) in [7, 11) is -1.66. The van der Waals surface area contributed by atoms with E-state index in [2.05, 4.69) is 4.72 Å². The summed E-state index contributed by atoms with van der Waals surface area (Å²) in [4.78, 5) is 0. The van der Waals surface area contributed by atoms with Gasteiger partial charge in [0.1, 0.15) is 0 Å². The maximum atomic E-state index is 11.8. The van der Waals surface area contributed by atoms with Crippen molar-refractivity contribution in [2.75, 3.05) is 26.0 Å². The third-order valence-electron chi connectivity index (χ3n) is 2.42. The molecule has 104 valence electrons. The molecule has 0 aliphatic heterocycles. The highest BCUT2D eigenvalue weighted by Crippen LogP contribution is 2.19.